The molecule has 3 aromatic carbocycles. The zero-order valence-electron chi connectivity index (χ0n) is 24.3. The van der Waals surface area contributed by atoms with Gasteiger partial charge in [-0.15, -0.1) is 0 Å². The van der Waals surface area contributed by atoms with E-state index in [0.717, 1.165) is 18.2 Å². The number of nitrogens with one attached hydrogen (secondary N) is 2. The smallest absolute Gasteiger partial charge is 0.339 e. The summed E-state index contributed by atoms with van der Waals surface area (Å²) >= 11 is 0. The normalized spacial score (nSPS) is 16.3. The molecule has 11 heteroatoms. The van der Waals surface area contributed by atoms with E-state index >= 15 is 0 Å². The monoisotopic (exact) mass is 601 g/mol. The molecule has 0 saturated heterocycles. The Hall–Kier alpha value is -5.19. The number of hydrogen-bond acceptors (Lipinski definition) is 4. The SMILES string of the molecule is C=C(C)C(=O)Nc1ccccc1[C@H]1c2c(C)nn(-c3ccccc3)c2N(CC)C(=O)[C@@H]1NC(=O)c1cccc(C(F)(F)F)c1. The van der Waals surface area contributed by atoms with Crippen molar-refractivity contribution in [1.29, 1.82) is 0 Å². The third-order valence-corrected chi connectivity index (χ3v) is 7.50. The number of amides is 3. The minimum Gasteiger partial charge on any atom is -0.339 e. The summed E-state index contributed by atoms with van der Waals surface area (Å²) in [5.74, 6) is -2.14. The van der Waals surface area contributed by atoms with Crippen molar-refractivity contribution in [3.63, 3.8) is 0 Å². The van der Waals surface area contributed by atoms with Crippen LogP contribution in [0.2, 0.25) is 0 Å². The summed E-state index contributed by atoms with van der Waals surface area (Å²) in [6.07, 6.45) is -4.66. The second kappa shape index (κ2) is 11.8. The van der Waals surface area contributed by atoms with Crippen molar-refractivity contribution in [3.8, 4) is 5.69 Å². The fourth-order valence-electron chi connectivity index (χ4n) is 5.44. The van der Waals surface area contributed by atoms with E-state index in [4.69, 9.17) is 5.10 Å². The van der Waals surface area contributed by atoms with Crippen molar-refractivity contribution in [2.75, 3.05) is 16.8 Å². The largest absolute Gasteiger partial charge is 0.416 e. The van der Waals surface area contributed by atoms with Crippen LogP contribution in [0.5, 0.6) is 0 Å². The van der Waals surface area contributed by atoms with Gasteiger partial charge in [-0.25, -0.2) is 4.68 Å². The quantitative estimate of drug-likeness (QED) is 0.254. The van der Waals surface area contributed by atoms with Gasteiger partial charge in [0.1, 0.15) is 11.9 Å². The van der Waals surface area contributed by atoms with Crippen molar-refractivity contribution in [3.05, 3.63) is 119 Å². The molecule has 1 aliphatic heterocycles. The molecule has 8 nitrogen and oxygen atoms in total. The van der Waals surface area contributed by atoms with E-state index in [1.165, 1.54) is 11.0 Å². The summed E-state index contributed by atoms with van der Waals surface area (Å²) in [6, 6.07) is 18.9. The van der Waals surface area contributed by atoms with Crippen molar-refractivity contribution < 1.29 is 27.6 Å². The van der Waals surface area contributed by atoms with Gasteiger partial charge in [0.05, 0.1) is 16.9 Å². The van der Waals surface area contributed by atoms with Crippen LogP contribution < -0.4 is 15.5 Å². The number of anilines is 2. The van der Waals surface area contributed by atoms with E-state index in [-0.39, 0.29) is 17.7 Å². The molecule has 0 fully saturated rings. The Morgan fingerprint density at radius 1 is 1.00 bits per heavy atom. The predicted octanol–water partition coefficient (Wildman–Crippen LogP) is 6.01. The molecule has 0 aliphatic carbocycles. The Morgan fingerprint density at radius 3 is 2.34 bits per heavy atom. The van der Waals surface area contributed by atoms with Gasteiger partial charge in [0, 0.05) is 34.9 Å². The van der Waals surface area contributed by atoms with Gasteiger partial charge in [-0.1, -0.05) is 49.0 Å². The zero-order chi connectivity index (χ0) is 31.8. The standard InChI is InChI=1S/C33H30F3N5O3/c1-5-40-31-26(20(4)39-41(31)23-14-7-6-8-15-23)27(24-16-9-10-17-25(24)37-29(42)19(2)3)28(32(40)44)38-30(43)21-12-11-13-22(18-21)33(34,35)36/h6-18,27-28H,2,5H2,1,3-4H3,(H,37,42)(H,38,43)/t27-,28+/m0/s1. The molecular formula is C33H30F3N5O3. The van der Waals surface area contributed by atoms with Crippen LogP contribution in [-0.4, -0.2) is 40.1 Å². The Balaban J connectivity index is 1.70. The Kier molecular flexibility index (Phi) is 8.14. The van der Waals surface area contributed by atoms with E-state index in [2.05, 4.69) is 17.2 Å². The van der Waals surface area contributed by atoms with Gasteiger partial charge in [0.25, 0.3) is 17.7 Å². The average Bonchev–Trinajstić information content (AvgIpc) is 3.34. The van der Waals surface area contributed by atoms with Crippen molar-refractivity contribution in [2.24, 2.45) is 0 Å². The summed E-state index contributed by atoms with van der Waals surface area (Å²) in [5.41, 5.74) is 1.83. The van der Waals surface area contributed by atoms with E-state index in [1.807, 2.05) is 30.3 Å². The molecule has 44 heavy (non-hydrogen) atoms. The number of likely N-dealkylation sites (N-methyl/N-ethyl adjacent to an activating group) is 1. The van der Waals surface area contributed by atoms with Gasteiger partial charge < -0.3 is 10.6 Å². The van der Waals surface area contributed by atoms with Crippen molar-refractivity contribution >= 4 is 29.2 Å². The van der Waals surface area contributed by atoms with Gasteiger partial charge >= 0.3 is 6.18 Å². The Bertz CT molecular complexity index is 1760. The van der Waals surface area contributed by atoms with E-state index < -0.39 is 41.4 Å². The van der Waals surface area contributed by atoms with Crippen LogP contribution in [0.3, 0.4) is 0 Å². The number of alkyl halides is 3. The highest BCUT2D eigenvalue weighted by Crippen LogP contribution is 2.45. The third-order valence-electron chi connectivity index (χ3n) is 7.50. The molecule has 0 radical (unpaired) electrons. The predicted molar refractivity (Wildman–Crippen MR) is 161 cm³/mol. The second-order valence-corrected chi connectivity index (χ2v) is 10.5. The van der Waals surface area contributed by atoms with E-state index in [9.17, 15) is 27.6 Å². The molecule has 226 valence electrons. The lowest BCUT2D eigenvalue weighted by molar-refractivity contribution is -0.137. The van der Waals surface area contributed by atoms with Crippen LogP contribution >= 0.6 is 0 Å². The molecule has 2 atom stereocenters. The molecule has 5 rings (SSSR count). The first-order valence-corrected chi connectivity index (χ1v) is 13.9. The zero-order valence-corrected chi connectivity index (χ0v) is 24.3. The van der Waals surface area contributed by atoms with Crippen molar-refractivity contribution in [1.82, 2.24) is 15.1 Å². The third kappa shape index (κ3) is 5.60. The number of fused-ring (bicyclic) bond motifs is 1. The van der Waals surface area contributed by atoms with Crippen LogP contribution in [-0.2, 0) is 15.8 Å². The topological polar surface area (TPSA) is 96.3 Å². The summed E-state index contributed by atoms with van der Waals surface area (Å²) in [5, 5.41) is 10.4. The number of rotatable bonds is 7. The number of hydrogen-bond donors (Lipinski definition) is 2. The van der Waals surface area contributed by atoms with Crippen LogP contribution in [0.15, 0.2) is 91.0 Å². The maximum Gasteiger partial charge on any atom is 0.416 e. The lowest BCUT2D eigenvalue weighted by atomic mass is 9.80. The van der Waals surface area contributed by atoms with Crippen molar-refractivity contribution in [2.45, 2.75) is 38.9 Å². The maximum atomic E-state index is 14.3. The minimum atomic E-state index is -4.66. The number of benzene rings is 3. The molecule has 4 aromatic rings. The van der Waals surface area contributed by atoms with Gasteiger partial charge in [-0.05, 0) is 62.7 Å². The van der Waals surface area contributed by atoms with Crippen LogP contribution in [0.1, 0.15) is 52.5 Å². The van der Waals surface area contributed by atoms with Gasteiger partial charge in [-0.2, -0.15) is 18.3 Å². The van der Waals surface area contributed by atoms with Gasteiger partial charge in [-0.3, -0.25) is 19.3 Å². The fourth-order valence-corrected chi connectivity index (χ4v) is 5.44. The van der Waals surface area contributed by atoms with E-state index in [1.54, 1.807) is 49.7 Å². The summed E-state index contributed by atoms with van der Waals surface area (Å²) in [7, 11) is 0. The van der Waals surface area contributed by atoms with Gasteiger partial charge in [0.15, 0.2) is 0 Å². The first-order valence-electron chi connectivity index (χ1n) is 13.9. The Morgan fingerprint density at radius 2 is 1.68 bits per heavy atom. The number of carbonyl (C=O) groups excluding carboxylic acids is 3. The lowest BCUT2D eigenvalue weighted by Crippen LogP contribution is -2.55. The summed E-state index contributed by atoms with van der Waals surface area (Å²) < 4.78 is 42.0. The first-order chi connectivity index (χ1) is 20.9. The molecule has 2 N–H and O–H groups in total. The molecule has 1 aromatic heterocycles. The first kappa shape index (κ1) is 30.3. The van der Waals surface area contributed by atoms with E-state index in [0.29, 0.717) is 34.0 Å². The number of aromatic nitrogens is 2. The highest BCUT2D eigenvalue weighted by molar-refractivity contribution is 6.07. The molecule has 0 saturated carbocycles. The molecular weight excluding hydrogens is 571 g/mol. The molecule has 1 aliphatic rings. The maximum absolute atomic E-state index is 14.3. The molecule has 3 amide bonds. The minimum absolute atomic E-state index is 0.223. The average molecular weight is 602 g/mol. The number of nitrogens with zero attached hydrogens (tertiary/aromatic N) is 3. The number of halogens is 3. The molecule has 2 heterocycles. The highest BCUT2D eigenvalue weighted by atomic mass is 19.4. The van der Waals surface area contributed by atoms with Gasteiger partial charge in [0.2, 0.25) is 0 Å². The van der Waals surface area contributed by atoms with Crippen LogP contribution in [0, 0.1) is 6.92 Å². The highest BCUT2D eigenvalue weighted by Gasteiger charge is 2.46. The molecule has 0 bridgehead atoms. The number of carbonyl (C=O) groups is 3. The Labute approximate surface area is 252 Å². The summed E-state index contributed by atoms with van der Waals surface area (Å²) in [6.45, 7) is 9.06. The van der Waals surface area contributed by atoms with Crippen LogP contribution in [0.25, 0.3) is 5.69 Å². The fraction of sp³-hybridized carbons (Fsp3) is 0.212. The van der Waals surface area contributed by atoms with Crippen LogP contribution in [0.4, 0.5) is 24.7 Å². The number of para-hydroxylation sites is 2. The summed E-state index contributed by atoms with van der Waals surface area (Å²) in [4.78, 5) is 42.1. The molecule has 0 unspecified atom stereocenters. The number of aryl methyl sites for hydroxylation is 1. The lowest BCUT2D eigenvalue weighted by Gasteiger charge is -2.39. The second-order valence-electron chi connectivity index (χ2n) is 10.5. The molecule has 0 spiro atoms.